The van der Waals surface area contributed by atoms with Crippen molar-refractivity contribution in [3.63, 3.8) is 0 Å². The zero-order chi connectivity index (χ0) is 17.8. The van der Waals surface area contributed by atoms with Crippen LogP contribution >= 0.6 is 27.3 Å². The van der Waals surface area contributed by atoms with Crippen molar-refractivity contribution >= 4 is 33.2 Å². The Kier molecular flexibility index (Phi) is 5.71. The van der Waals surface area contributed by atoms with Gasteiger partial charge in [-0.1, -0.05) is 41.9 Å². The van der Waals surface area contributed by atoms with E-state index in [2.05, 4.69) is 40.1 Å². The van der Waals surface area contributed by atoms with Crippen LogP contribution in [0.1, 0.15) is 36.2 Å². The number of thiazole rings is 1. The van der Waals surface area contributed by atoms with E-state index in [-0.39, 0.29) is 5.91 Å². The second-order valence-electron chi connectivity index (χ2n) is 6.06. The molecule has 0 aliphatic heterocycles. The van der Waals surface area contributed by atoms with E-state index in [1.54, 1.807) is 11.3 Å². The highest BCUT2D eigenvalue weighted by Gasteiger charge is 2.11. The summed E-state index contributed by atoms with van der Waals surface area (Å²) in [4.78, 5) is 16.6. The molecule has 0 atom stereocenters. The molecule has 0 aliphatic carbocycles. The number of nitrogens with one attached hydrogen (secondary N) is 1. The highest BCUT2D eigenvalue weighted by molar-refractivity contribution is 9.10. The molecule has 6 heteroatoms. The minimum atomic E-state index is -0.0535. The number of nitrogens with zero attached hydrogens (tertiary/aromatic N) is 1. The summed E-state index contributed by atoms with van der Waals surface area (Å²) >= 11 is 5.02. The van der Waals surface area contributed by atoms with Crippen LogP contribution in [0.2, 0.25) is 0 Å². The average molecular weight is 419 g/mol. The minimum Gasteiger partial charge on any atom is -0.459 e. The number of hydrogen-bond acceptors (Lipinski definition) is 4. The van der Waals surface area contributed by atoms with Crippen molar-refractivity contribution in [2.24, 2.45) is 0 Å². The SMILES string of the molecule is CC(C)c1nc(CC(=O)NCc2ccc(-c3ccc(Br)cc3)o2)cs1. The third kappa shape index (κ3) is 4.80. The van der Waals surface area contributed by atoms with Gasteiger partial charge in [0.25, 0.3) is 0 Å². The molecule has 2 aromatic heterocycles. The second-order valence-corrected chi connectivity index (χ2v) is 7.86. The Morgan fingerprint density at radius 1 is 1.24 bits per heavy atom. The smallest absolute Gasteiger partial charge is 0.226 e. The molecular formula is C19H19BrN2O2S. The highest BCUT2D eigenvalue weighted by atomic mass is 79.9. The molecule has 0 saturated carbocycles. The first-order chi connectivity index (χ1) is 12.0. The minimum absolute atomic E-state index is 0.0535. The molecule has 2 heterocycles. The van der Waals surface area contributed by atoms with Crippen molar-refractivity contribution in [2.75, 3.05) is 0 Å². The summed E-state index contributed by atoms with van der Waals surface area (Å²) in [7, 11) is 0. The van der Waals surface area contributed by atoms with Crippen LogP contribution in [0.15, 0.2) is 50.7 Å². The molecule has 1 N–H and O–H groups in total. The normalized spacial score (nSPS) is 11.0. The monoisotopic (exact) mass is 418 g/mol. The van der Waals surface area contributed by atoms with Crippen LogP contribution < -0.4 is 5.32 Å². The summed E-state index contributed by atoms with van der Waals surface area (Å²) in [5, 5.41) is 5.90. The first-order valence-electron chi connectivity index (χ1n) is 8.07. The second kappa shape index (κ2) is 7.97. The lowest BCUT2D eigenvalue weighted by molar-refractivity contribution is -0.120. The fourth-order valence-electron chi connectivity index (χ4n) is 2.32. The Labute approximate surface area is 159 Å². The van der Waals surface area contributed by atoms with Crippen LogP contribution in [0.3, 0.4) is 0 Å². The number of benzene rings is 1. The predicted molar refractivity (Wildman–Crippen MR) is 104 cm³/mol. The van der Waals surface area contributed by atoms with E-state index in [0.29, 0.717) is 18.9 Å². The van der Waals surface area contributed by atoms with Gasteiger partial charge in [0.1, 0.15) is 11.5 Å². The van der Waals surface area contributed by atoms with Crippen LogP contribution in [-0.2, 0) is 17.8 Å². The lowest BCUT2D eigenvalue weighted by Crippen LogP contribution is -2.24. The molecule has 0 saturated heterocycles. The Balaban J connectivity index is 1.54. The lowest BCUT2D eigenvalue weighted by Gasteiger charge is -2.02. The number of carbonyl (C=O) groups is 1. The Bertz CT molecular complexity index is 852. The molecule has 0 bridgehead atoms. The van der Waals surface area contributed by atoms with Gasteiger partial charge in [-0.3, -0.25) is 4.79 Å². The van der Waals surface area contributed by atoms with Crippen LogP contribution in [-0.4, -0.2) is 10.9 Å². The summed E-state index contributed by atoms with van der Waals surface area (Å²) < 4.78 is 6.83. The zero-order valence-electron chi connectivity index (χ0n) is 14.1. The van der Waals surface area contributed by atoms with Gasteiger partial charge in [-0.2, -0.15) is 0 Å². The molecule has 0 aliphatic rings. The van der Waals surface area contributed by atoms with Gasteiger partial charge < -0.3 is 9.73 Å². The van der Waals surface area contributed by atoms with Gasteiger partial charge in [-0.05, 0) is 24.3 Å². The number of amides is 1. The van der Waals surface area contributed by atoms with Crippen molar-refractivity contribution in [1.82, 2.24) is 10.3 Å². The van der Waals surface area contributed by atoms with Crippen LogP contribution in [0.5, 0.6) is 0 Å². The maximum Gasteiger partial charge on any atom is 0.226 e. The van der Waals surface area contributed by atoms with Gasteiger partial charge in [-0.25, -0.2) is 4.98 Å². The van der Waals surface area contributed by atoms with Gasteiger partial charge in [0, 0.05) is 21.3 Å². The molecule has 130 valence electrons. The van der Waals surface area contributed by atoms with Crippen molar-refractivity contribution in [2.45, 2.75) is 32.7 Å². The Morgan fingerprint density at radius 2 is 2.00 bits per heavy atom. The molecule has 3 aromatic rings. The summed E-state index contributed by atoms with van der Waals surface area (Å²) in [6.45, 7) is 4.57. The van der Waals surface area contributed by atoms with Gasteiger partial charge in [0.15, 0.2) is 0 Å². The van der Waals surface area contributed by atoms with Gasteiger partial charge in [-0.15, -0.1) is 11.3 Å². The van der Waals surface area contributed by atoms with Crippen LogP contribution in [0.4, 0.5) is 0 Å². The quantitative estimate of drug-likeness (QED) is 0.602. The first kappa shape index (κ1) is 17.9. The largest absolute Gasteiger partial charge is 0.459 e. The van der Waals surface area contributed by atoms with Gasteiger partial charge in [0.2, 0.25) is 5.91 Å². The third-order valence-electron chi connectivity index (χ3n) is 3.66. The standard InChI is InChI=1S/C19H19BrN2O2S/c1-12(2)19-22-15(11-25-19)9-18(23)21-10-16-7-8-17(24-16)13-3-5-14(20)6-4-13/h3-8,11-12H,9-10H2,1-2H3,(H,21,23). The molecule has 25 heavy (non-hydrogen) atoms. The van der Waals surface area contributed by atoms with E-state index in [1.807, 2.05) is 41.8 Å². The summed E-state index contributed by atoms with van der Waals surface area (Å²) in [5.74, 6) is 1.86. The molecule has 0 spiro atoms. The zero-order valence-corrected chi connectivity index (χ0v) is 16.5. The molecular weight excluding hydrogens is 400 g/mol. The lowest BCUT2D eigenvalue weighted by atomic mass is 10.2. The number of furan rings is 1. The maximum atomic E-state index is 12.1. The van der Waals surface area contributed by atoms with E-state index >= 15 is 0 Å². The summed E-state index contributed by atoms with van der Waals surface area (Å²) in [6.07, 6.45) is 0.295. The third-order valence-corrected chi connectivity index (χ3v) is 5.38. The summed E-state index contributed by atoms with van der Waals surface area (Å²) in [5.41, 5.74) is 1.82. The van der Waals surface area contributed by atoms with Crippen molar-refractivity contribution in [1.29, 1.82) is 0 Å². The van der Waals surface area contributed by atoms with E-state index < -0.39 is 0 Å². The number of rotatable bonds is 6. The van der Waals surface area contributed by atoms with E-state index in [9.17, 15) is 4.79 Å². The molecule has 1 aromatic carbocycles. The number of aromatic nitrogens is 1. The summed E-state index contributed by atoms with van der Waals surface area (Å²) in [6, 6.07) is 11.7. The average Bonchev–Trinajstić information content (AvgIpc) is 3.23. The van der Waals surface area contributed by atoms with Crippen LogP contribution in [0.25, 0.3) is 11.3 Å². The molecule has 1 amide bonds. The Morgan fingerprint density at radius 3 is 2.68 bits per heavy atom. The number of hydrogen-bond donors (Lipinski definition) is 1. The van der Waals surface area contributed by atoms with Gasteiger partial charge in [0.05, 0.1) is 23.7 Å². The molecule has 3 rings (SSSR count). The predicted octanol–water partition coefficient (Wildman–Crippen LogP) is 5.15. The maximum absolute atomic E-state index is 12.1. The molecule has 0 unspecified atom stereocenters. The number of halogens is 1. The topological polar surface area (TPSA) is 55.1 Å². The van der Waals surface area contributed by atoms with E-state index in [0.717, 1.165) is 32.3 Å². The van der Waals surface area contributed by atoms with Gasteiger partial charge >= 0.3 is 0 Å². The highest BCUT2D eigenvalue weighted by Crippen LogP contribution is 2.24. The van der Waals surface area contributed by atoms with Crippen molar-refractivity contribution < 1.29 is 9.21 Å². The van der Waals surface area contributed by atoms with Crippen LogP contribution in [0, 0.1) is 0 Å². The van der Waals surface area contributed by atoms with E-state index in [4.69, 9.17) is 4.42 Å². The fourth-order valence-corrected chi connectivity index (χ4v) is 3.42. The first-order valence-corrected chi connectivity index (χ1v) is 9.74. The molecule has 0 fully saturated rings. The molecule has 0 radical (unpaired) electrons. The van der Waals surface area contributed by atoms with Crippen molar-refractivity contribution in [3.8, 4) is 11.3 Å². The Hall–Kier alpha value is -1.92. The van der Waals surface area contributed by atoms with E-state index in [1.165, 1.54) is 0 Å². The fraction of sp³-hybridized carbons (Fsp3) is 0.263. The number of carbonyl (C=O) groups excluding carboxylic acids is 1. The molecule has 4 nitrogen and oxygen atoms in total. The van der Waals surface area contributed by atoms with Crippen molar-refractivity contribution in [3.05, 3.63) is 62.7 Å².